The number of hydrogen-bond acceptors (Lipinski definition) is 4. The number of fused-ring (bicyclic) bond motifs is 1. The van der Waals surface area contributed by atoms with Crippen LogP contribution < -0.4 is 4.90 Å². The van der Waals surface area contributed by atoms with E-state index in [1.165, 1.54) is 0 Å². The molecule has 0 amide bonds. The Bertz CT molecular complexity index is 872. The van der Waals surface area contributed by atoms with Crippen molar-refractivity contribution in [2.24, 2.45) is 0 Å². The van der Waals surface area contributed by atoms with E-state index in [2.05, 4.69) is 0 Å². The summed E-state index contributed by atoms with van der Waals surface area (Å²) < 4.78 is 5.62. The van der Waals surface area contributed by atoms with Crippen LogP contribution in [-0.4, -0.2) is 24.8 Å². The van der Waals surface area contributed by atoms with Gasteiger partial charge in [-0.3, -0.25) is 9.59 Å². The van der Waals surface area contributed by atoms with E-state index in [4.69, 9.17) is 16.3 Å². The summed E-state index contributed by atoms with van der Waals surface area (Å²) in [6.07, 6.45) is 0. The second kappa shape index (κ2) is 5.25. The summed E-state index contributed by atoms with van der Waals surface area (Å²) in [4.78, 5) is 27.1. The minimum absolute atomic E-state index is 0.160. The maximum atomic E-state index is 12.7. The Hall–Kier alpha value is -2.59. The van der Waals surface area contributed by atoms with Crippen LogP contribution in [0.4, 0.5) is 5.69 Å². The molecule has 1 aliphatic carbocycles. The van der Waals surface area contributed by atoms with Gasteiger partial charge in [-0.2, -0.15) is 0 Å². The molecular weight excluding hydrogens is 314 g/mol. The number of carbonyl (C=O) groups is 2. The molecule has 0 spiro atoms. The number of ketones is 2. The summed E-state index contributed by atoms with van der Waals surface area (Å²) in [6.45, 7) is 0.488. The highest BCUT2D eigenvalue weighted by molar-refractivity contribution is 6.33. The van der Waals surface area contributed by atoms with Gasteiger partial charge in [0.2, 0.25) is 5.78 Å². The number of allylic oxidation sites excluding steroid dienone is 1. The Kier molecular flexibility index (Phi) is 3.20. The van der Waals surface area contributed by atoms with E-state index in [1.807, 2.05) is 23.1 Å². The molecule has 23 heavy (non-hydrogen) atoms. The summed E-state index contributed by atoms with van der Waals surface area (Å²) in [6, 6.07) is 14.2. The van der Waals surface area contributed by atoms with E-state index in [9.17, 15) is 9.59 Å². The first-order valence-electron chi connectivity index (χ1n) is 7.20. The zero-order valence-electron chi connectivity index (χ0n) is 12.1. The van der Waals surface area contributed by atoms with Crippen molar-refractivity contribution in [1.82, 2.24) is 0 Å². The highest BCUT2D eigenvalue weighted by Gasteiger charge is 2.37. The Morgan fingerprint density at radius 2 is 1.57 bits per heavy atom. The predicted molar refractivity (Wildman–Crippen MR) is 86.9 cm³/mol. The molecule has 0 unspecified atom stereocenters. The van der Waals surface area contributed by atoms with Gasteiger partial charge in [0.15, 0.2) is 18.3 Å². The lowest BCUT2D eigenvalue weighted by molar-refractivity contribution is 0.0847. The van der Waals surface area contributed by atoms with Crippen LogP contribution in [0.1, 0.15) is 20.7 Å². The molecule has 4 rings (SSSR count). The van der Waals surface area contributed by atoms with Gasteiger partial charge < -0.3 is 9.64 Å². The third-order valence-electron chi connectivity index (χ3n) is 4.08. The second-order valence-corrected chi connectivity index (χ2v) is 5.84. The van der Waals surface area contributed by atoms with Crippen LogP contribution in [0.5, 0.6) is 0 Å². The fourth-order valence-corrected chi connectivity index (χ4v) is 3.20. The molecule has 2 aromatic carbocycles. The molecule has 0 N–H and O–H groups in total. The molecule has 0 radical (unpaired) electrons. The van der Waals surface area contributed by atoms with Crippen molar-refractivity contribution in [2.45, 2.75) is 0 Å². The third-order valence-corrected chi connectivity index (χ3v) is 4.40. The van der Waals surface area contributed by atoms with Crippen molar-refractivity contribution in [2.75, 3.05) is 18.2 Å². The predicted octanol–water partition coefficient (Wildman–Crippen LogP) is 3.47. The highest BCUT2D eigenvalue weighted by Crippen LogP contribution is 2.33. The Labute approximate surface area is 137 Å². The first-order valence-corrected chi connectivity index (χ1v) is 7.58. The molecule has 2 aromatic rings. The Morgan fingerprint density at radius 1 is 0.913 bits per heavy atom. The lowest BCUT2D eigenvalue weighted by Crippen LogP contribution is -2.39. The van der Waals surface area contributed by atoms with Crippen molar-refractivity contribution in [3.8, 4) is 0 Å². The lowest BCUT2D eigenvalue weighted by Gasteiger charge is -2.34. The van der Waals surface area contributed by atoms with Crippen molar-refractivity contribution in [3.05, 3.63) is 76.0 Å². The number of benzene rings is 2. The summed E-state index contributed by atoms with van der Waals surface area (Å²) in [7, 11) is 0. The van der Waals surface area contributed by atoms with Gasteiger partial charge in [0.05, 0.1) is 22.8 Å². The first-order chi connectivity index (χ1) is 11.2. The Morgan fingerprint density at radius 3 is 2.30 bits per heavy atom. The number of halogens is 1. The Balaban J connectivity index is 1.75. The minimum Gasteiger partial charge on any atom is -0.468 e. The van der Waals surface area contributed by atoms with Gasteiger partial charge in [-0.25, -0.2) is 0 Å². The molecule has 2 aliphatic rings. The summed E-state index contributed by atoms with van der Waals surface area (Å²) >= 11 is 6.21. The molecule has 0 saturated heterocycles. The minimum atomic E-state index is -0.228. The number of carbonyl (C=O) groups excluding carboxylic acids is 2. The SMILES string of the molecule is O=C1C2=C(OCN(c3ccccc3Cl)C2)C(=O)c2ccccc21. The fraction of sp³-hybridized carbons (Fsp3) is 0.111. The van der Waals surface area contributed by atoms with Crippen molar-refractivity contribution in [3.63, 3.8) is 0 Å². The average Bonchev–Trinajstić information content (AvgIpc) is 2.60. The average molecular weight is 326 g/mol. The number of ether oxygens (including phenoxy) is 1. The zero-order chi connectivity index (χ0) is 16.0. The van der Waals surface area contributed by atoms with E-state index in [0.717, 1.165) is 5.69 Å². The molecule has 0 aromatic heterocycles. The van der Waals surface area contributed by atoms with Gasteiger partial charge in [0.25, 0.3) is 0 Å². The van der Waals surface area contributed by atoms with Crippen LogP contribution in [0.2, 0.25) is 5.02 Å². The number of hydrogen-bond donors (Lipinski definition) is 0. The maximum Gasteiger partial charge on any atom is 0.228 e. The first kappa shape index (κ1) is 14.0. The number of anilines is 1. The molecule has 0 saturated carbocycles. The van der Waals surface area contributed by atoms with Crippen LogP contribution >= 0.6 is 11.6 Å². The second-order valence-electron chi connectivity index (χ2n) is 5.43. The van der Waals surface area contributed by atoms with Crippen molar-refractivity contribution < 1.29 is 14.3 Å². The molecule has 4 nitrogen and oxygen atoms in total. The normalized spacial score (nSPS) is 16.8. The number of nitrogens with zero attached hydrogens (tertiary/aromatic N) is 1. The molecular formula is C18H12ClNO3. The monoisotopic (exact) mass is 325 g/mol. The van der Waals surface area contributed by atoms with Gasteiger partial charge in [0, 0.05) is 11.1 Å². The van der Waals surface area contributed by atoms with Gasteiger partial charge in [-0.05, 0) is 12.1 Å². The summed E-state index contributed by atoms with van der Waals surface area (Å²) in [5.41, 5.74) is 2.00. The van der Waals surface area contributed by atoms with Crippen LogP contribution in [-0.2, 0) is 4.74 Å². The van der Waals surface area contributed by atoms with E-state index < -0.39 is 0 Å². The molecule has 0 bridgehead atoms. The molecule has 5 heteroatoms. The standard InChI is InChI=1S/C18H12ClNO3/c19-14-7-3-4-8-15(14)20-9-13-16(21)11-5-1-2-6-12(11)17(22)18(13)23-10-20/h1-8H,9-10H2. The summed E-state index contributed by atoms with van der Waals surface area (Å²) in [5, 5.41) is 0.579. The molecule has 1 aliphatic heterocycles. The van der Waals surface area contributed by atoms with E-state index in [0.29, 0.717) is 28.3 Å². The quantitative estimate of drug-likeness (QED) is 0.805. The van der Waals surface area contributed by atoms with Crippen LogP contribution in [0.25, 0.3) is 0 Å². The molecule has 114 valence electrons. The van der Waals surface area contributed by atoms with Crippen LogP contribution in [0.3, 0.4) is 0 Å². The van der Waals surface area contributed by atoms with Crippen molar-refractivity contribution in [1.29, 1.82) is 0 Å². The fourth-order valence-electron chi connectivity index (χ4n) is 2.94. The molecule has 1 heterocycles. The topological polar surface area (TPSA) is 46.6 Å². The largest absolute Gasteiger partial charge is 0.468 e. The smallest absolute Gasteiger partial charge is 0.228 e. The maximum absolute atomic E-state index is 12.7. The highest BCUT2D eigenvalue weighted by atomic mass is 35.5. The number of Topliss-reactive ketones (excluding diaryl/α,β-unsaturated/α-hetero) is 2. The number of para-hydroxylation sites is 1. The van der Waals surface area contributed by atoms with Gasteiger partial charge >= 0.3 is 0 Å². The van der Waals surface area contributed by atoms with Gasteiger partial charge in [-0.1, -0.05) is 48.0 Å². The lowest BCUT2D eigenvalue weighted by atomic mass is 9.87. The van der Waals surface area contributed by atoms with Crippen LogP contribution in [0, 0.1) is 0 Å². The van der Waals surface area contributed by atoms with E-state index in [-0.39, 0.29) is 24.1 Å². The summed E-state index contributed by atoms with van der Waals surface area (Å²) in [5.74, 6) is -0.224. The van der Waals surface area contributed by atoms with Gasteiger partial charge in [-0.15, -0.1) is 0 Å². The third kappa shape index (κ3) is 2.14. The zero-order valence-corrected chi connectivity index (χ0v) is 12.8. The van der Waals surface area contributed by atoms with Gasteiger partial charge in [0.1, 0.15) is 0 Å². The van der Waals surface area contributed by atoms with Crippen molar-refractivity contribution >= 4 is 28.9 Å². The van der Waals surface area contributed by atoms with Crippen LogP contribution in [0.15, 0.2) is 59.9 Å². The van der Waals surface area contributed by atoms with E-state index >= 15 is 0 Å². The number of rotatable bonds is 1. The van der Waals surface area contributed by atoms with E-state index in [1.54, 1.807) is 30.3 Å². The molecule has 0 fully saturated rings. The molecule has 0 atom stereocenters.